The molecule has 0 spiro atoms. The number of pyridine rings is 1. The summed E-state index contributed by atoms with van der Waals surface area (Å²) in [6.07, 6.45) is 2.73. The van der Waals surface area contributed by atoms with Gasteiger partial charge < -0.3 is 10.4 Å². The lowest BCUT2D eigenvalue weighted by Gasteiger charge is -2.37. The second-order valence-electron chi connectivity index (χ2n) is 5.46. The van der Waals surface area contributed by atoms with Crippen LogP contribution in [0.25, 0.3) is 0 Å². The molecular formula is C12H19N3O2. The number of hydrogen-bond donors (Lipinski definition) is 2. The maximum Gasteiger partial charge on any atom is 0.136 e. The van der Waals surface area contributed by atoms with Gasteiger partial charge in [-0.2, -0.15) is 10.1 Å². The summed E-state index contributed by atoms with van der Waals surface area (Å²) in [7, 11) is 0. The number of hydroxylamine groups is 4. The molecule has 17 heavy (non-hydrogen) atoms. The molecule has 0 bridgehead atoms. The van der Waals surface area contributed by atoms with E-state index in [4.69, 9.17) is 0 Å². The molecular weight excluding hydrogens is 218 g/mol. The summed E-state index contributed by atoms with van der Waals surface area (Å²) in [4.78, 5) is 3.94. The predicted molar refractivity (Wildman–Crippen MR) is 62.4 cm³/mol. The first-order valence-electron chi connectivity index (χ1n) is 5.66. The molecule has 5 heteroatoms. The van der Waals surface area contributed by atoms with Gasteiger partial charge in [0.15, 0.2) is 0 Å². The van der Waals surface area contributed by atoms with Crippen LogP contribution in [0.3, 0.4) is 0 Å². The van der Waals surface area contributed by atoms with E-state index < -0.39 is 17.2 Å². The highest BCUT2D eigenvalue weighted by Crippen LogP contribution is 2.47. The molecule has 0 radical (unpaired) electrons. The Hall–Kier alpha value is -1.01. The molecule has 1 aliphatic heterocycles. The topological polar surface area (TPSA) is 59.8 Å². The molecule has 1 aromatic rings. The number of aromatic nitrogens is 1. The number of rotatable bonds is 1. The van der Waals surface area contributed by atoms with E-state index in [1.54, 1.807) is 24.5 Å². The van der Waals surface area contributed by atoms with Crippen molar-refractivity contribution in [2.24, 2.45) is 0 Å². The molecule has 2 rings (SSSR count). The molecule has 1 aliphatic rings. The Kier molecular flexibility index (Phi) is 2.74. The minimum absolute atomic E-state index is 0.560. The van der Waals surface area contributed by atoms with Crippen LogP contribution in [0.2, 0.25) is 0 Å². The third-order valence-electron chi connectivity index (χ3n) is 4.11. The van der Waals surface area contributed by atoms with Crippen molar-refractivity contribution in [1.82, 2.24) is 15.1 Å². The Morgan fingerprint density at radius 1 is 1.00 bits per heavy atom. The predicted octanol–water partition coefficient (Wildman–Crippen LogP) is 2.03. The number of nitrogens with zero attached hydrogens (tertiary/aromatic N) is 3. The lowest BCUT2D eigenvalue weighted by Crippen LogP contribution is -2.52. The molecule has 0 saturated carbocycles. The molecule has 94 valence electrons. The summed E-state index contributed by atoms with van der Waals surface area (Å²) < 4.78 is 0. The highest BCUT2D eigenvalue weighted by Gasteiger charge is 2.58. The van der Waals surface area contributed by atoms with Gasteiger partial charge in [0.1, 0.15) is 6.17 Å². The first-order valence-corrected chi connectivity index (χ1v) is 5.66. The largest absolute Gasteiger partial charge is 0.311 e. The lowest BCUT2D eigenvalue weighted by atomic mass is 9.84. The van der Waals surface area contributed by atoms with Crippen LogP contribution in [-0.4, -0.2) is 36.6 Å². The van der Waals surface area contributed by atoms with Crippen LogP contribution in [0.15, 0.2) is 24.5 Å². The van der Waals surface area contributed by atoms with Crippen molar-refractivity contribution in [1.29, 1.82) is 0 Å². The fraction of sp³-hybridized carbons (Fsp3) is 0.583. The highest BCUT2D eigenvalue weighted by atomic mass is 16.6. The van der Waals surface area contributed by atoms with E-state index in [0.717, 1.165) is 5.56 Å². The Morgan fingerprint density at radius 3 is 1.82 bits per heavy atom. The van der Waals surface area contributed by atoms with Gasteiger partial charge in [-0.25, -0.2) is 0 Å². The van der Waals surface area contributed by atoms with Crippen molar-refractivity contribution in [2.45, 2.75) is 44.9 Å². The zero-order chi connectivity index (χ0) is 12.8. The van der Waals surface area contributed by atoms with Crippen molar-refractivity contribution in [3.63, 3.8) is 0 Å². The van der Waals surface area contributed by atoms with Gasteiger partial charge in [0, 0.05) is 12.4 Å². The van der Waals surface area contributed by atoms with Crippen LogP contribution in [0.5, 0.6) is 0 Å². The maximum absolute atomic E-state index is 10.3. The van der Waals surface area contributed by atoms with Crippen LogP contribution < -0.4 is 0 Å². The summed E-state index contributed by atoms with van der Waals surface area (Å²) in [5, 5.41) is 23.0. The first kappa shape index (κ1) is 12.4. The van der Waals surface area contributed by atoms with Crippen molar-refractivity contribution in [2.75, 3.05) is 0 Å². The van der Waals surface area contributed by atoms with Gasteiger partial charge in [0.05, 0.1) is 11.1 Å². The van der Waals surface area contributed by atoms with Crippen molar-refractivity contribution in [3.05, 3.63) is 30.1 Å². The van der Waals surface area contributed by atoms with Crippen LogP contribution in [0.1, 0.15) is 39.4 Å². The third kappa shape index (κ3) is 1.58. The van der Waals surface area contributed by atoms with Crippen LogP contribution in [0, 0.1) is 0 Å². The molecule has 1 aromatic heterocycles. The molecule has 1 fully saturated rings. The van der Waals surface area contributed by atoms with E-state index in [2.05, 4.69) is 4.98 Å². The van der Waals surface area contributed by atoms with Gasteiger partial charge in [-0.3, -0.25) is 4.98 Å². The van der Waals surface area contributed by atoms with Gasteiger partial charge in [-0.15, -0.1) is 0 Å². The molecule has 1 saturated heterocycles. The fourth-order valence-corrected chi connectivity index (χ4v) is 2.09. The normalized spacial score (nSPS) is 25.3. The third-order valence-corrected chi connectivity index (χ3v) is 4.11. The summed E-state index contributed by atoms with van der Waals surface area (Å²) in [5.74, 6) is 0. The molecule has 5 nitrogen and oxygen atoms in total. The zero-order valence-corrected chi connectivity index (χ0v) is 10.6. The van der Waals surface area contributed by atoms with Crippen LogP contribution in [0.4, 0.5) is 0 Å². The second kappa shape index (κ2) is 3.74. The van der Waals surface area contributed by atoms with Crippen molar-refractivity contribution in [3.8, 4) is 0 Å². The SMILES string of the molecule is CC1(C)N(O)C(c2ccncc2)N(O)C1(C)C. The second-order valence-corrected chi connectivity index (χ2v) is 5.46. The van der Waals surface area contributed by atoms with Gasteiger partial charge in [0.2, 0.25) is 0 Å². The zero-order valence-electron chi connectivity index (χ0n) is 10.6. The Labute approximate surface area is 101 Å². The molecule has 0 unspecified atom stereocenters. The first-order chi connectivity index (χ1) is 7.80. The summed E-state index contributed by atoms with van der Waals surface area (Å²) in [6.45, 7) is 7.60. The van der Waals surface area contributed by atoms with Crippen molar-refractivity contribution >= 4 is 0 Å². The van der Waals surface area contributed by atoms with E-state index in [-0.39, 0.29) is 0 Å². The summed E-state index contributed by atoms with van der Waals surface area (Å²) >= 11 is 0. The number of hydrogen-bond acceptors (Lipinski definition) is 5. The molecule has 2 heterocycles. The fourth-order valence-electron chi connectivity index (χ4n) is 2.09. The summed E-state index contributed by atoms with van der Waals surface area (Å²) in [6, 6.07) is 3.57. The average molecular weight is 237 g/mol. The highest BCUT2D eigenvalue weighted by molar-refractivity contribution is 5.20. The van der Waals surface area contributed by atoms with E-state index in [0.29, 0.717) is 0 Å². The van der Waals surface area contributed by atoms with E-state index in [1.807, 2.05) is 27.7 Å². The quantitative estimate of drug-likeness (QED) is 0.782. The van der Waals surface area contributed by atoms with Crippen LogP contribution in [-0.2, 0) is 0 Å². The van der Waals surface area contributed by atoms with Crippen molar-refractivity contribution < 1.29 is 10.4 Å². The van der Waals surface area contributed by atoms with Crippen LogP contribution >= 0.6 is 0 Å². The van der Waals surface area contributed by atoms with E-state index in [1.165, 1.54) is 10.1 Å². The molecule has 0 aliphatic carbocycles. The Balaban J connectivity index is 2.45. The van der Waals surface area contributed by atoms with Gasteiger partial charge in [0.25, 0.3) is 0 Å². The molecule has 0 aromatic carbocycles. The summed E-state index contributed by atoms with van der Waals surface area (Å²) in [5.41, 5.74) is -0.311. The van der Waals surface area contributed by atoms with Gasteiger partial charge >= 0.3 is 0 Å². The Morgan fingerprint density at radius 2 is 1.41 bits per heavy atom. The van der Waals surface area contributed by atoms with Gasteiger partial charge in [-0.1, -0.05) is 0 Å². The standard InChI is InChI=1S/C12H19N3O2/c1-11(2)12(3,4)15(17)10(14(11)16)9-5-7-13-8-6-9/h5-8,10,16-17H,1-4H3. The smallest absolute Gasteiger partial charge is 0.136 e. The molecule has 0 atom stereocenters. The lowest BCUT2D eigenvalue weighted by molar-refractivity contribution is -0.223. The van der Waals surface area contributed by atoms with E-state index in [9.17, 15) is 10.4 Å². The Bertz CT molecular complexity index is 385. The van der Waals surface area contributed by atoms with Gasteiger partial charge in [-0.05, 0) is 45.4 Å². The minimum Gasteiger partial charge on any atom is -0.311 e. The monoisotopic (exact) mass is 237 g/mol. The minimum atomic E-state index is -0.567. The van der Waals surface area contributed by atoms with E-state index >= 15 is 0 Å². The maximum atomic E-state index is 10.3. The molecule has 2 N–H and O–H groups in total. The molecule has 0 amide bonds. The average Bonchev–Trinajstić information content (AvgIpc) is 2.40.